The molecule has 0 N–H and O–H groups in total. The number of nitrogens with zero attached hydrogens (tertiary/aromatic N) is 2. The maximum atomic E-state index is 14.7. The summed E-state index contributed by atoms with van der Waals surface area (Å²) in [6, 6.07) is 16.6. The monoisotopic (exact) mass is 442 g/mol. The molecule has 0 aliphatic carbocycles. The molecule has 3 aromatic carbocycles. The van der Waals surface area contributed by atoms with Crippen molar-refractivity contribution in [2.75, 3.05) is 37.7 Å². The van der Waals surface area contributed by atoms with E-state index >= 15 is 0 Å². The van der Waals surface area contributed by atoms with E-state index in [1.807, 2.05) is 36.4 Å². The third kappa shape index (κ3) is 4.06. The number of anilines is 1. The van der Waals surface area contributed by atoms with Gasteiger partial charge in [-0.2, -0.15) is 4.31 Å². The number of ether oxygens (including phenoxy) is 1. The lowest BCUT2D eigenvalue weighted by Gasteiger charge is -2.26. The summed E-state index contributed by atoms with van der Waals surface area (Å²) in [6.07, 6.45) is 0. The van der Waals surface area contributed by atoms with Crippen LogP contribution in [0.15, 0.2) is 65.6 Å². The van der Waals surface area contributed by atoms with Gasteiger partial charge in [0.25, 0.3) is 5.91 Å². The van der Waals surface area contributed by atoms with Crippen LogP contribution in [-0.4, -0.2) is 51.5 Å². The number of carbonyl (C=O) groups is 1. The lowest BCUT2D eigenvalue weighted by molar-refractivity contribution is 0.0730. The van der Waals surface area contributed by atoms with Crippen LogP contribution in [0, 0.1) is 5.82 Å². The summed E-state index contributed by atoms with van der Waals surface area (Å²) in [6.45, 7) is 3.15. The van der Waals surface area contributed by atoms with E-state index < -0.39 is 21.7 Å². The van der Waals surface area contributed by atoms with Gasteiger partial charge >= 0.3 is 0 Å². The van der Waals surface area contributed by atoms with Crippen molar-refractivity contribution in [1.82, 2.24) is 4.31 Å². The van der Waals surface area contributed by atoms with Gasteiger partial charge in [-0.25, -0.2) is 12.8 Å². The Labute approximate surface area is 180 Å². The standard InChI is InChI=1S/C23H23FN2O4S/c1-2-26(22-9-5-7-17-6-3-4-8-19(17)22)23(27)20-16-18(10-11-21(20)24)31(28,29)25-12-14-30-15-13-25/h3-11,16H,2,12-15H2,1H3. The molecular weight excluding hydrogens is 419 g/mol. The highest BCUT2D eigenvalue weighted by Gasteiger charge is 2.29. The van der Waals surface area contributed by atoms with E-state index in [9.17, 15) is 17.6 Å². The largest absolute Gasteiger partial charge is 0.379 e. The molecule has 31 heavy (non-hydrogen) atoms. The molecule has 0 aromatic heterocycles. The third-order valence-electron chi connectivity index (χ3n) is 5.39. The molecular formula is C23H23FN2O4S. The number of benzene rings is 3. The summed E-state index contributed by atoms with van der Waals surface area (Å²) >= 11 is 0. The maximum absolute atomic E-state index is 14.7. The first-order valence-electron chi connectivity index (χ1n) is 10.1. The SMILES string of the molecule is CCN(C(=O)c1cc(S(=O)(=O)N2CCOCC2)ccc1F)c1cccc2ccccc12. The van der Waals surface area contributed by atoms with E-state index in [0.717, 1.165) is 22.9 Å². The zero-order valence-corrected chi connectivity index (χ0v) is 17.9. The quantitative estimate of drug-likeness (QED) is 0.605. The number of rotatable bonds is 5. The van der Waals surface area contributed by atoms with Gasteiger partial charge in [-0.05, 0) is 36.6 Å². The van der Waals surface area contributed by atoms with Crippen molar-refractivity contribution in [2.45, 2.75) is 11.8 Å². The normalized spacial score (nSPS) is 15.2. The zero-order chi connectivity index (χ0) is 22.0. The number of fused-ring (bicyclic) bond motifs is 1. The average molecular weight is 443 g/mol. The predicted molar refractivity (Wildman–Crippen MR) is 117 cm³/mol. The minimum Gasteiger partial charge on any atom is -0.379 e. The molecule has 162 valence electrons. The van der Waals surface area contributed by atoms with Gasteiger partial charge in [0.15, 0.2) is 0 Å². The molecule has 6 nitrogen and oxygen atoms in total. The smallest absolute Gasteiger partial charge is 0.261 e. The van der Waals surface area contributed by atoms with Gasteiger partial charge in [-0.15, -0.1) is 0 Å². The number of hydrogen-bond acceptors (Lipinski definition) is 4. The highest BCUT2D eigenvalue weighted by atomic mass is 32.2. The van der Waals surface area contributed by atoms with Gasteiger partial charge in [0.2, 0.25) is 10.0 Å². The lowest BCUT2D eigenvalue weighted by Crippen LogP contribution is -2.40. The number of amides is 1. The molecule has 1 saturated heterocycles. The minimum atomic E-state index is -3.85. The van der Waals surface area contributed by atoms with Crippen LogP contribution in [-0.2, 0) is 14.8 Å². The first-order valence-corrected chi connectivity index (χ1v) is 11.5. The fraction of sp³-hybridized carbons (Fsp3) is 0.261. The molecule has 1 fully saturated rings. The summed E-state index contributed by atoms with van der Waals surface area (Å²) in [5.41, 5.74) is 0.371. The Morgan fingerprint density at radius 2 is 1.77 bits per heavy atom. The van der Waals surface area contributed by atoms with Gasteiger partial charge in [0.1, 0.15) is 5.82 Å². The molecule has 1 amide bonds. The van der Waals surface area contributed by atoms with Gasteiger partial charge in [0, 0.05) is 25.0 Å². The Kier molecular flexibility index (Phi) is 6.04. The molecule has 3 aromatic rings. The Bertz CT molecular complexity index is 1220. The second kappa shape index (κ2) is 8.74. The molecule has 0 atom stereocenters. The minimum absolute atomic E-state index is 0.104. The molecule has 0 unspecified atom stereocenters. The van der Waals surface area contributed by atoms with Crippen molar-refractivity contribution < 1.29 is 22.3 Å². The van der Waals surface area contributed by atoms with Gasteiger partial charge in [0.05, 0.1) is 29.4 Å². The number of sulfonamides is 1. The molecule has 0 spiro atoms. The van der Waals surface area contributed by atoms with E-state index in [2.05, 4.69) is 0 Å². The second-order valence-corrected chi connectivity index (χ2v) is 9.14. The molecule has 0 bridgehead atoms. The average Bonchev–Trinajstić information content (AvgIpc) is 2.80. The van der Waals surface area contributed by atoms with Crippen molar-refractivity contribution in [2.24, 2.45) is 0 Å². The Morgan fingerprint density at radius 1 is 1.06 bits per heavy atom. The van der Waals surface area contributed by atoms with E-state index in [-0.39, 0.29) is 23.5 Å². The van der Waals surface area contributed by atoms with E-state index in [4.69, 9.17) is 4.74 Å². The van der Waals surface area contributed by atoms with Crippen LogP contribution in [0.5, 0.6) is 0 Å². The van der Waals surface area contributed by atoms with Crippen molar-refractivity contribution in [3.8, 4) is 0 Å². The Balaban J connectivity index is 1.74. The fourth-order valence-electron chi connectivity index (χ4n) is 3.78. The molecule has 4 rings (SSSR count). The highest BCUT2D eigenvalue weighted by molar-refractivity contribution is 7.89. The second-order valence-electron chi connectivity index (χ2n) is 7.21. The summed E-state index contributed by atoms with van der Waals surface area (Å²) in [7, 11) is -3.85. The maximum Gasteiger partial charge on any atom is 0.261 e. The van der Waals surface area contributed by atoms with Crippen molar-refractivity contribution >= 4 is 32.4 Å². The van der Waals surface area contributed by atoms with Crippen LogP contribution in [0.4, 0.5) is 10.1 Å². The lowest BCUT2D eigenvalue weighted by atomic mass is 10.1. The summed E-state index contributed by atoms with van der Waals surface area (Å²) in [5, 5.41) is 1.81. The number of hydrogen-bond donors (Lipinski definition) is 0. The number of carbonyl (C=O) groups excluding carboxylic acids is 1. The number of morpholine rings is 1. The highest BCUT2D eigenvalue weighted by Crippen LogP contribution is 2.29. The summed E-state index contributed by atoms with van der Waals surface area (Å²) < 4.78 is 47.2. The van der Waals surface area contributed by atoms with Crippen LogP contribution in [0.25, 0.3) is 10.8 Å². The Hall–Kier alpha value is -2.81. The van der Waals surface area contributed by atoms with Gasteiger partial charge in [-0.3, -0.25) is 4.79 Å². The van der Waals surface area contributed by atoms with Crippen LogP contribution in [0.1, 0.15) is 17.3 Å². The first kappa shape index (κ1) is 21.4. The third-order valence-corrected chi connectivity index (χ3v) is 7.29. The van der Waals surface area contributed by atoms with Crippen LogP contribution >= 0.6 is 0 Å². The van der Waals surface area contributed by atoms with Gasteiger partial charge in [-0.1, -0.05) is 36.4 Å². The van der Waals surface area contributed by atoms with Crippen LogP contribution in [0.2, 0.25) is 0 Å². The predicted octanol–water partition coefficient (Wildman–Crippen LogP) is 3.67. The van der Waals surface area contributed by atoms with Gasteiger partial charge < -0.3 is 9.64 Å². The Morgan fingerprint density at radius 3 is 2.52 bits per heavy atom. The van der Waals surface area contributed by atoms with Crippen molar-refractivity contribution in [3.05, 3.63) is 72.0 Å². The molecule has 8 heteroatoms. The van der Waals surface area contributed by atoms with Crippen molar-refractivity contribution in [1.29, 1.82) is 0 Å². The van der Waals surface area contributed by atoms with Crippen LogP contribution < -0.4 is 4.90 Å². The number of halogens is 1. The van der Waals surface area contributed by atoms with Crippen LogP contribution in [0.3, 0.4) is 0 Å². The van der Waals surface area contributed by atoms with E-state index in [1.165, 1.54) is 15.3 Å². The molecule has 1 aliphatic heterocycles. The van der Waals surface area contributed by atoms with E-state index in [0.29, 0.717) is 25.4 Å². The molecule has 0 saturated carbocycles. The van der Waals surface area contributed by atoms with Crippen molar-refractivity contribution in [3.63, 3.8) is 0 Å². The molecule has 0 radical (unpaired) electrons. The summed E-state index contributed by atoms with van der Waals surface area (Å²) in [4.78, 5) is 14.7. The van der Waals surface area contributed by atoms with E-state index in [1.54, 1.807) is 13.0 Å². The fourth-order valence-corrected chi connectivity index (χ4v) is 5.21. The molecule has 1 heterocycles. The first-order chi connectivity index (χ1) is 14.9. The topological polar surface area (TPSA) is 66.9 Å². The molecule has 1 aliphatic rings. The summed E-state index contributed by atoms with van der Waals surface area (Å²) in [5.74, 6) is -1.35. The zero-order valence-electron chi connectivity index (χ0n) is 17.1.